The molecule has 0 bridgehead atoms. The van der Waals surface area contributed by atoms with Crippen LogP contribution >= 0.6 is 8.58 Å². The van der Waals surface area contributed by atoms with E-state index in [9.17, 15) is 0 Å². The van der Waals surface area contributed by atoms with E-state index in [0.29, 0.717) is 0 Å². The molecule has 0 unspecified atom stereocenters. The van der Waals surface area contributed by atoms with E-state index in [-0.39, 0.29) is 17.1 Å². The number of benzene rings is 2. The smallest absolute Gasteiger partial charge is 0 e. The molecular formula is C30H31MnO2P-4. The van der Waals surface area contributed by atoms with Crippen molar-refractivity contribution >= 4 is 13.9 Å². The molecule has 0 aromatic heterocycles. The van der Waals surface area contributed by atoms with Gasteiger partial charge in [0.05, 0.1) is 0 Å². The second kappa shape index (κ2) is 20.2. The molecule has 0 atom stereocenters. The summed E-state index contributed by atoms with van der Waals surface area (Å²) in [4.78, 5) is 0. The van der Waals surface area contributed by atoms with Gasteiger partial charge < -0.3 is 20.0 Å². The van der Waals surface area contributed by atoms with Gasteiger partial charge in [-0.25, -0.2) is 17.7 Å². The van der Waals surface area contributed by atoms with Crippen molar-refractivity contribution in [3.63, 3.8) is 0 Å². The van der Waals surface area contributed by atoms with Crippen molar-refractivity contribution in [1.29, 1.82) is 0 Å². The van der Waals surface area contributed by atoms with Crippen molar-refractivity contribution in [2.24, 2.45) is 0 Å². The van der Waals surface area contributed by atoms with Crippen molar-refractivity contribution in [3.8, 4) is 0 Å². The van der Waals surface area contributed by atoms with E-state index in [1.807, 2.05) is 12.1 Å². The third-order valence-corrected chi connectivity index (χ3v) is 6.74. The minimum absolute atomic E-state index is 0. The van der Waals surface area contributed by atoms with Crippen LogP contribution in [0.25, 0.3) is 5.31 Å². The zero-order valence-electron chi connectivity index (χ0n) is 19.8. The first-order chi connectivity index (χ1) is 16.2. The Balaban J connectivity index is 0.000000841. The summed E-state index contributed by atoms with van der Waals surface area (Å²) in [7, 11) is 1.44. The number of rotatable bonds is 5. The van der Waals surface area contributed by atoms with E-state index in [1.54, 1.807) is 0 Å². The van der Waals surface area contributed by atoms with Gasteiger partial charge in [-0.3, -0.25) is 6.42 Å². The minimum Gasteiger partial charge on any atom is 0 e. The number of aryl methyl sites for hydroxylation is 2. The number of hydrogen-bond donors (Lipinski definition) is 0. The SMILES string of the molecule is C[c-]1cccc1.Cc1ccc([CH-][C-]=C([P-]C2CCCCC2)c2ccccc2)cc1.[C-]#[O+].[C-]#[O+].[Mn]. The summed E-state index contributed by atoms with van der Waals surface area (Å²) in [5.41, 5.74) is 5.98. The van der Waals surface area contributed by atoms with Gasteiger partial charge in [-0.2, -0.15) is 41.1 Å². The molecule has 0 saturated heterocycles. The normalized spacial score (nSPS) is 13.1. The monoisotopic (exact) mass is 509 g/mol. The minimum atomic E-state index is 0. The Bertz CT molecular complexity index is 930. The van der Waals surface area contributed by atoms with Crippen LogP contribution in [-0.2, 0) is 26.4 Å². The zero-order valence-corrected chi connectivity index (χ0v) is 21.9. The quantitative estimate of drug-likeness (QED) is 0.144. The van der Waals surface area contributed by atoms with Crippen molar-refractivity contribution in [1.82, 2.24) is 0 Å². The second-order valence-electron chi connectivity index (χ2n) is 7.80. The van der Waals surface area contributed by atoms with Gasteiger partial charge in [0.2, 0.25) is 0 Å². The van der Waals surface area contributed by atoms with E-state index in [2.05, 4.69) is 106 Å². The molecule has 3 aromatic rings. The van der Waals surface area contributed by atoms with Crippen LogP contribution in [0.2, 0.25) is 0 Å². The molecule has 1 radical (unpaired) electrons. The summed E-state index contributed by atoms with van der Waals surface area (Å²) >= 11 is 0. The molecule has 1 aliphatic carbocycles. The summed E-state index contributed by atoms with van der Waals surface area (Å²) in [6.07, 6.45) is 12.7. The van der Waals surface area contributed by atoms with Gasteiger partial charge in [0.15, 0.2) is 0 Å². The fourth-order valence-corrected chi connectivity index (χ4v) is 4.89. The largest absolute Gasteiger partial charge is 0 e. The average Bonchev–Trinajstić information content (AvgIpc) is 3.37. The fourth-order valence-electron chi connectivity index (χ4n) is 3.47. The predicted molar refractivity (Wildman–Crippen MR) is 136 cm³/mol. The standard InChI is InChI=1S/C22H24P.C6H7.2CO.Mn/c1-18-12-14-19(15-13-18)16-17-22(20-8-4-2-5-9-20)23-21-10-6-3-7-11-21;1-6-4-2-3-5-6;2*1-2;/h2,4-5,8-9,12-16,21H,3,6-7,10-11H2,1H3;2-5H,1H3;;;/q-3;-1;;;. The maximum absolute atomic E-state index is 7.50. The Morgan fingerprint density at radius 2 is 1.44 bits per heavy atom. The molecule has 0 spiro atoms. The van der Waals surface area contributed by atoms with E-state index in [1.165, 1.54) is 68.3 Å². The summed E-state index contributed by atoms with van der Waals surface area (Å²) in [5.74, 6) is 0. The molecule has 0 aliphatic heterocycles. The molecule has 179 valence electrons. The predicted octanol–water partition coefficient (Wildman–Crippen LogP) is 8.31. The van der Waals surface area contributed by atoms with Crippen LogP contribution in [-0.4, -0.2) is 5.66 Å². The zero-order chi connectivity index (χ0) is 24.3. The Labute approximate surface area is 218 Å². The van der Waals surface area contributed by atoms with Crippen molar-refractivity contribution in [2.45, 2.75) is 51.6 Å². The molecule has 1 fully saturated rings. The van der Waals surface area contributed by atoms with E-state index < -0.39 is 0 Å². The Morgan fingerprint density at radius 3 is 1.94 bits per heavy atom. The molecular weight excluding hydrogens is 478 g/mol. The fraction of sp³-hybridized carbons (Fsp3) is 0.267. The van der Waals surface area contributed by atoms with Crippen LogP contribution in [0.5, 0.6) is 0 Å². The molecule has 34 heavy (non-hydrogen) atoms. The molecule has 1 aliphatic rings. The third kappa shape index (κ3) is 12.9. The summed E-state index contributed by atoms with van der Waals surface area (Å²) in [6.45, 7) is 13.2. The van der Waals surface area contributed by atoms with Crippen molar-refractivity contribution < 1.29 is 26.4 Å². The Kier molecular flexibility index (Phi) is 18.9. The van der Waals surface area contributed by atoms with E-state index >= 15 is 0 Å². The van der Waals surface area contributed by atoms with E-state index in [4.69, 9.17) is 9.30 Å². The molecule has 0 amide bonds. The summed E-state index contributed by atoms with van der Waals surface area (Å²) in [6, 6.07) is 27.7. The van der Waals surface area contributed by atoms with Crippen LogP contribution in [0.1, 0.15) is 54.4 Å². The Morgan fingerprint density at radius 1 is 0.882 bits per heavy atom. The first kappa shape index (κ1) is 31.8. The van der Waals surface area contributed by atoms with Gasteiger partial charge in [0, 0.05) is 17.1 Å². The number of allylic oxidation sites excluding steroid dienone is 1. The van der Waals surface area contributed by atoms with Gasteiger partial charge >= 0.3 is 22.6 Å². The molecule has 3 aromatic carbocycles. The van der Waals surface area contributed by atoms with E-state index in [0.717, 1.165) is 5.66 Å². The maximum atomic E-state index is 7.50. The first-order valence-electron chi connectivity index (χ1n) is 11.1. The molecule has 0 heterocycles. The average molecular weight is 509 g/mol. The molecule has 0 N–H and O–H groups in total. The van der Waals surface area contributed by atoms with Crippen molar-refractivity contribution in [2.75, 3.05) is 0 Å². The first-order valence-corrected chi connectivity index (χ1v) is 12.1. The topological polar surface area (TPSA) is 39.8 Å². The van der Waals surface area contributed by atoms with Gasteiger partial charge in [0.25, 0.3) is 0 Å². The number of hydrogen-bond acceptors (Lipinski definition) is 0. The summed E-state index contributed by atoms with van der Waals surface area (Å²) in [5, 5.41) is 1.33. The molecule has 2 nitrogen and oxygen atoms in total. The second-order valence-corrected chi connectivity index (χ2v) is 9.23. The van der Waals surface area contributed by atoms with Gasteiger partial charge in [-0.1, -0.05) is 62.8 Å². The van der Waals surface area contributed by atoms with Crippen molar-refractivity contribution in [3.05, 3.63) is 127 Å². The molecule has 4 heteroatoms. The maximum Gasteiger partial charge on any atom is 0 e. The summed E-state index contributed by atoms with van der Waals surface area (Å²) < 4.78 is 15.0. The van der Waals surface area contributed by atoms with Gasteiger partial charge in [-0.05, 0) is 6.92 Å². The van der Waals surface area contributed by atoms with Crippen LogP contribution < -0.4 is 0 Å². The van der Waals surface area contributed by atoms with Crippen LogP contribution in [0.3, 0.4) is 0 Å². The van der Waals surface area contributed by atoms with Gasteiger partial charge in [-0.15, -0.1) is 24.3 Å². The Hall–Kier alpha value is -2.17. The third-order valence-electron chi connectivity index (χ3n) is 5.22. The molecule has 4 rings (SSSR count). The molecule has 1 saturated carbocycles. The van der Waals surface area contributed by atoms with Crippen LogP contribution in [0.15, 0.2) is 78.9 Å². The van der Waals surface area contributed by atoms with Crippen LogP contribution in [0, 0.1) is 39.6 Å². The van der Waals surface area contributed by atoms with Crippen LogP contribution in [0.4, 0.5) is 0 Å². The van der Waals surface area contributed by atoms with Gasteiger partial charge in [0.1, 0.15) is 0 Å².